The predicted octanol–water partition coefficient (Wildman–Crippen LogP) is 0.598. The van der Waals surface area contributed by atoms with Crippen molar-refractivity contribution in [3.8, 4) is 0 Å². The lowest BCUT2D eigenvalue weighted by Crippen LogP contribution is -2.36. The second kappa shape index (κ2) is 2.70. The molecule has 0 radical (unpaired) electrons. The topological polar surface area (TPSA) is 69.7 Å². The van der Waals surface area contributed by atoms with Crippen molar-refractivity contribution in [3.63, 3.8) is 0 Å². The first kappa shape index (κ1) is 9.53. The second-order valence-electron chi connectivity index (χ2n) is 4.31. The molecule has 5 unspecified atom stereocenters. The maximum Gasteiger partial charge on any atom is 0.495 e. The van der Waals surface area contributed by atoms with Crippen LogP contribution in [0.1, 0.15) is 12.8 Å². The molecular weight excluding hydrogens is 227 g/mol. The van der Waals surface area contributed by atoms with Crippen molar-refractivity contribution in [1.29, 1.82) is 0 Å². The van der Waals surface area contributed by atoms with E-state index in [-0.39, 0.29) is 11.8 Å². The van der Waals surface area contributed by atoms with E-state index in [1.807, 2.05) is 0 Å². The number of rotatable bonds is 1. The van der Waals surface area contributed by atoms with Crippen LogP contribution in [0.4, 0.5) is 9.18 Å². The van der Waals surface area contributed by atoms with E-state index in [0.29, 0.717) is 12.8 Å². The van der Waals surface area contributed by atoms with E-state index in [2.05, 4.69) is 4.74 Å². The lowest BCUT2D eigenvalue weighted by molar-refractivity contribution is -0.00533. The van der Waals surface area contributed by atoms with E-state index < -0.39 is 33.8 Å². The van der Waals surface area contributed by atoms with Crippen LogP contribution in [-0.2, 0) is 19.0 Å². The average molecular weight is 236 g/mol. The van der Waals surface area contributed by atoms with Gasteiger partial charge in [-0.3, -0.25) is 4.18 Å². The minimum absolute atomic E-state index is 0.0676. The van der Waals surface area contributed by atoms with Crippen LogP contribution < -0.4 is 0 Å². The minimum atomic E-state index is -3.51. The monoisotopic (exact) mass is 236 g/mol. The van der Waals surface area contributed by atoms with Gasteiger partial charge in [0.1, 0.15) is 12.2 Å². The standard InChI is InChI=1S/C8H9FO5S/c9-8(10)13-6-3-1-4-5(2-3)15(11,12)14-7(4)6/h3-7H,1-2H2. The van der Waals surface area contributed by atoms with Gasteiger partial charge in [-0.25, -0.2) is 4.79 Å². The molecule has 5 nitrogen and oxygen atoms in total. The molecule has 1 saturated heterocycles. The van der Waals surface area contributed by atoms with E-state index in [0.717, 1.165) is 0 Å². The Bertz CT molecular complexity index is 419. The molecule has 7 heteroatoms. The molecule has 1 aliphatic heterocycles. The summed E-state index contributed by atoms with van der Waals surface area (Å²) in [5.41, 5.74) is 0. The van der Waals surface area contributed by atoms with E-state index >= 15 is 0 Å². The molecule has 3 rings (SSSR count). The molecule has 5 atom stereocenters. The Morgan fingerprint density at radius 2 is 2.13 bits per heavy atom. The van der Waals surface area contributed by atoms with Crippen molar-refractivity contribution in [2.75, 3.05) is 0 Å². The summed E-state index contributed by atoms with van der Waals surface area (Å²) in [6, 6.07) is 0. The zero-order chi connectivity index (χ0) is 10.8. The summed E-state index contributed by atoms with van der Waals surface area (Å²) in [5.74, 6) is -0.189. The molecule has 0 N–H and O–H groups in total. The van der Waals surface area contributed by atoms with Crippen LogP contribution in [0.15, 0.2) is 0 Å². The van der Waals surface area contributed by atoms with Gasteiger partial charge in [-0.1, -0.05) is 0 Å². The van der Waals surface area contributed by atoms with Crippen molar-refractivity contribution in [2.24, 2.45) is 11.8 Å². The summed E-state index contributed by atoms with van der Waals surface area (Å²) < 4.78 is 44.4. The van der Waals surface area contributed by atoms with E-state index in [1.165, 1.54) is 0 Å². The first-order valence-corrected chi connectivity index (χ1v) is 6.24. The van der Waals surface area contributed by atoms with Crippen molar-refractivity contribution in [1.82, 2.24) is 0 Å². The normalized spacial score (nSPS) is 49.5. The SMILES string of the molecule is O=C(F)OC1C2CC3C1OS(=O)(=O)C3C2. The predicted molar refractivity (Wildman–Crippen MR) is 45.2 cm³/mol. The van der Waals surface area contributed by atoms with Gasteiger partial charge in [0, 0.05) is 11.8 Å². The molecular formula is C8H9FO5S. The number of carbonyl (C=O) groups excluding carboxylic acids is 1. The van der Waals surface area contributed by atoms with Gasteiger partial charge in [0.25, 0.3) is 10.1 Å². The van der Waals surface area contributed by atoms with E-state index in [4.69, 9.17) is 4.18 Å². The van der Waals surface area contributed by atoms with Crippen LogP contribution in [0, 0.1) is 11.8 Å². The molecule has 0 aromatic rings. The molecule has 0 amide bonds. The molecule has 0 aromatic carbocycles. The lowest BCUT2D eigenvalue weighted by Gasteiger charge is -2.22. The number of fused-ring (bicyclic) bond motifs is 1. The Morgan fingerprint density at radius 1 is 1.40 bits per heavy atom. The summed E-state index contributed by atoms with van der Waals surface area (Å²) in [4.78, 5) is 10.2. The van der Waals surface area contributed by atoms with Gasteiger partial charge >= 0.3 is 6.22 Å². The van der Waals surface area contributed by atoms with E-state index in [9.17, 15) is 17.6 Å². The summed E-state index contributed by atoms with van der Waals surface area (Å²) in [6.45, 7) is 0. The first-order valence-electron chi connectivity index (χ1n) is 4.77. The molecule has 2 saturated carbocycles. The smallest absolute Gasteiger partial charge is 0.434 e. The Morgan fingerprint density at radius 3 is 2.80 bits per heavy atom. The molecule has 3 aliphatic rings. The van der Waals surface area contributed by atoms with Crippen molar-refractivity contribution < 1.29 is 26.5 Å². The van der Waals surface area contributed by atoms with Gasteiger partial charge in [0.15, 0.2) is 0 Å². The maximum absolute atomic E-state index is 12.1. The van der Waals surface area contributed by atoms with Crippen molar-refractivity contribution in [2.45, 2.75) is 30.3 Å². The number of halogens is 1. The van der Waals surface area contributed by atoms with Gasteiger partial charge in [-0.15, -0.1) is 4.39 Å². The largest absolute Gasteiger partial charge is 0.495 e. The zero-order valence-electron chi connectivity index (χ0n) is 7.63. The summed E-state index contributed by atoms with van der Waals surface area (Å²) in [6.07, 6.45) is -2.18. The number of carbonyl (C=O) groups is 1. The van der Waals surface area contributed by atoms with Gasteiger partial charge < -0.3 is 4.74 Å². The average Bonchev–Trinajstić information content (AvgIpc) is 2.67. The Kier molecular flexibility index (Phi) is 1.72. The van der Waals surface area contributed by atoms with Crippen LogP contribution in [0.25, 0.3) is 0 Å². The zero-order valence-corrected chi connectivity index (χ0v) is 8.44. The first-order chi connectivity index (χ1) is 6.99. The fourth-order valence-corrected chi connectivity index (χ4v) is 5.03. The highest BCUT2D eigenvalue weighted by molar-refractivity contribution is 7.87. The molecule has 2 bridgehead atoms. The molecule has 15 heavy (non-hydrogen) atoms. The Labute approximate surface area is 85.7 Å². The Balaban J connectivity index is 1.91. The maximum atomic E-state index is 12.1. The van der Waals surface area contributed by atoms with Crippen LogP contribution >= 0.6 is 0 Å². The van der Waals surface area contributed by atoms with Gasteiger partial charge in [-0.2, -0.15) is 8.42 Å². The quantitative estimate of drug-likeness (QED) is 0.492. The molecule has 3 fully saturated rings. The fraction of sp³-hybridized carbons (Fsp3) is 0.875. The molecule has 84 valence electrons. The van der Waals surface area contributed by atoms with Crippen LogP contribution in [-0.4, -0.2) is 32.1 Å². The van der Waals surface area contributed by atoms with Crippen molar-refractivity contribution >= 4 is 16.3 Å². The fourth-order valence-electron chi connectivity index (χ4n) is 3.15. The molecule has 0 spiro atoms. The van der Waals surface area contributed by atoms with Crippen LogP contribution in [0.3, 0.4) is 0 Å². The lowest BCUT2D eigenvalue weighted by atomic mass is 9.94. The Hall–Kier alpha value is -0.690. The summed E-state index contributed by atoms with van der Waals surface area (Å²) >= 11 is 0. The highest BCUT2D eigenvalue weighted by Gasteiger charge is 2.65. The third-order valence-electron chi connectivity index (χ3n) is 3.64. The number of ether oxygens (including phenoxy) is 1. The molecule has 1 heterocycles. The summed E-state index contributed by atoms with van der Waals surface area (Å²) in [7, 11) is -3.51. The van der Waals surface area contributed by atoms with Gasteiger partial charge in [0.05, 0.1) is 5.25 Å². The number of hydrogen-bond acceptors (Lipinski definition) is 5. The number of hydrogen-bond donors (Lipinski definition) is 0. The van der Waals surface area contributed by atoms with Crippen LogP contribution in [0.2, 0.25) is 0 Å². The second-order valence-corrected chi connectivity index (χ2v) is 6.09. The van der Waals surface area contributed by atoms with Crippen molar-refractivity contribution in [3.05, 3.63) is 0 Å². The highest BCUT2D eigenvalue weighted by Crippen LogP contribution is 2.55. The van der Waals surface area contributed by atoms with Gasteiger partial charge in [-0.05, 0) is 12.8 Å². The molecule has 2 aliphatic carbocycles. The van der Waals surface area contributed by atoms with Gasteiger partial charge in [0.2, 0.25) is 0 Å². The summed E-state index contributed by atoms with van der Waals surface area (Å²) in [5, 5.41) is -0.470. The highest BCUT2D eigenvalue weighted by atomic mass is 32.2. The molecule has 0 aromatic heterocycles. The minimum Gasteiger partial charge on any atom is -0.434 e. The van der Waals surface area contributed by atoms with Crippen LogP contribution in [0.5, 0.6) is 0 Å². The van der Waals surface area contributed by atoms with E-state index in [1.54, 1.807) is 0 Å². The third kappa shape index (κ3) is 1.16. The third-order valence-corrected chi connectivity index (χ3v) is 5.42.